The minimum absolute atomic E-state index is 0.251. The van der Waals surface area contributed by atoms with Gasteiger partial charge in [-0.1, -0.05) is 19.1 Å². The molecule has 2 rings (SSSR count). The SMILES string of the molecule is CCc1ccc(OCC(O)CN2CCCC(O)C2)cc1. The number of hydrogen-bond donors (Lipinski definition) is 2. The Kier molecular flexibility index (Phi) is 5.83. The molecule has 1 aliphatic heterocycles. The summed E-state index contributed by atoms with van der Waals surface area (Å²) in [4.78, 5) is 2.10. The summed E-state index contributed by atoms with van der Waals surface area (Å²) in [5, 5.41) is 19.6. The van der Waals surface area contributed by atoms with Crippen molar-refractivity contribution < 1.29 is 14.9 Å². The van der Waals surface area contributed by atoms with Crippen LogP contribution in [0.15, 0.2) is 24.3 Å². The summed E-state index contributed by atoms with van der Waals surface area (Å²) in [6, 6.07) is 7.97. The Morgan fingerprint density at radius 1 is 1.35 bits per heavy atom. The molecule has 0 amide bonds. The number of hydrogen-bond acceptors (Lipinski definition) is 4. The van der Waals surface area contributed by atoms with Crippen molar-refractivity contribution >= 4 is 0 Å². The Morgan fingerprint density at radius 2 is 2.10 bits per heavy atom. The molecule has 0 radical (unpaired) electrons. The molecule has 0 bridgehead atoms. The zero-order chi connectivity index (χ0) is 14.4. The Labute approximate surface area is 121 Å². The highest BCUT2D eigenvalue weighted by Crippen LogP contribution is 2.14. The quantitative estimate of drug-likeness (QED) is 0.827. The van der Waals surface area contributed by atoms with Crippen molar-refractivity contribution in [3.8, 4) is 5.75 Å². The second-order valence-corrected chi connectivity index (χ2v) is 5.52. The first-order chi connectivity index (χ1) is 9.67. The van der Waals surface area contributed by atoms with Gasteiger partial charge in [-0.25, -0.2) is 0 Å². The number of rotatable bonds is 6. The van der Waals surface area contributed by atoms with Gasteiger partial charge in [-0.05, 0) is 43.5 Å². The van der Waals surface area contributed by atoms with E-state index in [0.717, 1.165) is 31.6 Å². The summed E-state index contributed by atoms with van der Waals surface area (Å²) in [6.07, 6.45) is 2.10. The van der Waals surface area contributed by atoms with E-state index in [1.807, 2.05) is 24.3 Å². The lowest BCUT2D eigenvalue weighted by Gasteiger charge is -2.31. The molecule has 112 valence electrons. The first kappa shape index (κ1) is 15.3. The second kappa shape index (κ2) is 7.62. The fourth-order valence-corrected chi connectivity index (χ4v) is 2.56. The zero-order valence-corrected chi connectivity index (χ0v) is 12.2. The molecule has 4 heteroatoms. The molecule has 2 unspecified atom stereocenters. The van der Waals surface area contributed by atoms with Gasteiger partial charge in [-0.2, -0.15) is 0 Å². The Hall–Kier alpha value is -1.10. The highest BCUT2D eigenvalue weighted by Gasteiger charge is 2.20. The van der Waals surface area contributed by atoms with Gasteiger partial charge in [-0.3, -0.25) is 4.90 Å². The maximum absolute atomic E-state index is 10.0. The summed E-state index contributed by atoms with van der Waals surface area (Å²) >= 11 is 0. The van der Waals surface area contributed by atoms with Crippen molar-refractivity contribution in [2.75, 3.05) is 26.2 Å². The van der Waals surface area contributed by atoms with Crippen LogP contribution in [0, 0.1) is 0 Å². The predicted molar refractivity (Wildman–Crippen MR) is 79.0 cm³/mol. The number of piperidine rings is 1. The van der Waals surface area contributed by atoms with Crippen molar-refractivity contribution in [2.45, 2.75) is 38.4 Å². The second-order valence-electron chi connectivity index (χ2n) is 5.52. The van der Waals surface area contributed by atoms with Gasteiger partial charge in [0.05, 0.1) is 6.10 Å². The van der Waals surface area contributed by atoms with E-state index in [9.17, 15) is 10.2 Å². The van der Waals surface area contributed by atoms with Crippen LogP contribution < -0.4 is 4.74 Å². The summed E-state index contributed by atoms with van der Waals surface area (Å²) in [5.41, 5.74) is 1.28. The molecule has 2 atom stereocenters. The van der Waals surface area contributed by atoms with Gasteiger partial charge in [0.15, 0.2) is 0 Å². The molecule has 20 heavy (non-hydrogen) atoms. The van der Waals surface area contributed by atoms with Gasteiger partial charge < -0.3 is 14.9 Å². The number of aliphatic hydroxyl groups is 2. The number of nitrogens with zero attached hydrogens (tertiary/aromatic N) is 1. The maximum atomic E-state index is 10.0. The lowest BCUT2D eigenvalue weighted by Crippen LogP contribution is -2.43. The molecule has 0 aliphatic carbocycles. The number of β-amino-alcohol motifs (C(OH)–C–C–N with tert-alkyl or cyclic N) is 2. The van der Waals surface area contributed by atoms with Crippen molar-refractivity contribution in [1.82, 2.24) is 4.90 Å². The molecule has 4 nitrogen and oxygen atoms in total. The minimum atomic E-state index is -0.522. The predicted octanol–water partition coefficient (Wildman–Crippen LogP) is 1.45. The number of likely N-dealkylation sites (tertiary alicyclic amines) is 1. The minimum Gasteiger partial charge on any atom is -0.491 e. The van der Waals surface area contributed by atoms with E-state index in [1.54, 1.807) is 0 Å². The molecule has 1 heterocycles. The van der Waals surface area contributed by atoms with Gasteiger partial charge >= 0.3 is 0 Å². The van der Waals surface area contributed by atoms with E-state index in [1.165, 1.54) is 5.56 Å². The normalized spacial score (nSPS) is 21.6. The van der Waals surface area contributed by atoms with Crippen molar-refractivity contribution in [1.29, 1.82) is 0 Å². The first-order valence-electron chi connectivity index (χ1n) is 7.47. The first-order valence-corrected chi connectivity index (χ1v) is 7.47. The standard InChI is InChI=1S/C16H25NO3/c1-2-13-5-7-16(8-6-13)20-12-15(19)11-17-9-3-4-14(18)10-17/h5-8,14-15,18-19H,2-4,9-12H2,1H3. The molecule has 0 spiro atoms. The summed E-state index contributed by atoms with van der Waals surface area (Å²) in [6.45, 7) is 4.57. The zero-order valence-electron chi connectivity index (χ0n) is 12.2. The van der Waals surface area contributed by atoms with Crippen LogP contribution in [-0.2, 0) is 6.42 Å². The number of benzene rings is 1. The Balaban J connectivity index is 1.72. The molecular weight excluding hydrogens is 254 g/mol. The third kappa shape index (κ3) is 4.78. The average Bonchev–Trinajstić information content (AvgIpc) is 2.46. The van der Waals surface area contributed by atoms with Crippen LogP contribution in [0.25, 0.3) is 0 Å². The molecule has 1 saturated heterocycles. The molecule has 1 aromatic rings. The van der Waals surface area contributed by atoms with Crippen LogP contribution in [0.2, 0.25) is 0 Å². The topological polar surface area (TPSA) is 52.9 Å². The van der Waals surface area contributed by atoms with Gasteiger partial charge in [0, 0.05) is 13.1 Å². The van der Waals surface area contributed by atoms with Crippen molar-refractivity contribution in [2.24, 2.45) is 0 Å². The Bertz CT molecular complexity index is 393. The van der Waals surface area contributed by atoms with Crippen molar-refractivity contribution in [3.05, 3.63) is 29.8 Å². The Morgan fingerprint density at radius 3 is 2.75 bits per heavy atom. The van der Waals surface area contributed by atoms with E-state index in [2.05, 4.69) is 11.8 Å². The van der Waals surface area contributed by atoms with Crippen molar-refractivity contribution in [3.63, 3.8) is 0 Å². The molecular formula is C16H25NO3. The van der Waals surface area contributed by atoms with Crippen LogP contribution >= 0.6 is 0 Å². The molecule has 0 aromatic heterocycles. The van der Waals surface area contributed by atoms with Gasteiger partial charge in [0.1, 0.15) is 18.5 Å². The molecule has 0 saturated carbocycles. The molecule has 1 fully saturated rings. The molecule has 1 aromatic carbocycles. The van der Waals surface area contributed by atoms with Gasteiger partial charge in [-0.15, -0.1) is 0 Å². The van der Waals surface area contributed by atoms with E-state index in [0.29, 0.717) is 13.1 Å². The van der Waals surface area contributed by atoms with Crippen LogP contribution in [-0.4, -0.2) is 53.6 Å². The largest absolute Gasteiger partial charge is 0.491 e. The number of aryl methyl sites for hydroxylation is 1. The smallest absolute Gasteiger partial charge is 0.119 e. The van der Waals surface area contributed by atoms with Crippen LogP contribution in [0.3, 0.4) is 0 Å². The summed E-state index contributed by atoms with van der Waals surface area (Å²) in [7, 11) is 0. The third-order valence-electron chi connectivity index (χ3n) is 3.72. The maximum Gasteiger partial charge on any atom is 0.119 e. The highest BCUT2D eigenvalue weighted by molar-refractivity contribution is 5.27. The molecule has 1 aliphatic rings. The summed E-state index contributed by atoms with van der Waals surface area (Å²) < 4.78 is 5.60. The molecule has 2 N–H and O–H groups in total. The van der Waals surface area contributed by atoms with Crippen LogP contribution in [0.5, 0.6) is 5.75 Å². The van der Waals surface area contributed by atoms with Gasteiger partial charge in [0.2, 0.25) is 0 Å². The fraction of sp³-hybridized carbons (Fsp3) is 0.625. The third-order valence-corrected chi connectivity index (χ3v) is 3.72. The van der Waals surface area contributed by atoms with Crippen LogP contribution in [0.1, 0.15) is 25.3 Å². The lowest BCUT2D eigenvalue weighted by molar-refractivity contribution is 0.0243. The highest BCUT2D eigenvalue weighted by atomic mass is 16.5. The van der Waals surface area contributed by atoms with E-state index >= 15 is 0 Å². The number of aliphatic hydroxyl groups excluding tert-OH is 2. The van der Waals surface area contributed by atoms with Gasteiger partial charge in [0.25, 0.3) is 0 Å². The van der Waals surface area contributed by atoms with E-state index < -0.39 is 6.10 Å². The van der Waals surface area contributed by atoms with Crippen LogP contribution in [0.4, 0.5) is 0 Å². The monoisotopic (exact) mass is 279 g/mol. The fourth-order valence-electron chi connectivity index (χ4n) is 2.56. The summed E-state index contributed by atoms with van der Waals surface area (Å²) in [5.74, 6) is 0.792. The number of ether oxygens (including phenoxy) is 1. The van der Waals surface area contributed by atoms with E-state index in [-0.39, 0.29) is 12.7 Å². The lowest BCUT2D eigenvalue weighted by atomic mass is 10.1. The average molecular weight is 279 g/mol. The van der Waals surface area contributed by atoms with E-state index in [4.69, 9.17) is 4.74 Å².